The number of piperidine rings is 1. The molecule has 1 fully saturated rings. The lowest BCUT2D eigenvalue weighted by Crippen LogP contribution is -2.38. The topological polar surface area (TPSA) is 21.7 Å². The fourth-order valence-corrected chi connectivity index (χ4v) is 2.94. The molecular weight excluding hydrogens is 238 g/mol. The minimum Gasteiger partial charge on any atom is -0.493 e. The van der Waals surface area contributed by atoms with E-state index in [-0.39, 0.29) is 0 Å². The Bertz CT molecular complexity index is 406. The molecule has 0 amide bonds. The van der Waals surface area contributed by atoms with E-state index < -0.39 is 0 Å². The summed E-state index contributed by atoms with van der Waals surface area (Å²) in [5, 5.41) is 0. The van der Waals surface area contributed by atoms with E-state index >= 15 is 0 Å². The highest BCUT2D eigenvalue weighted by Gasteiger charge is 2.21. The molecule has 1 heterocycles. The highest BCUT2D eigenvalue weighted by atomic mass is 16.5. The minimum atomic E-state index is 0.738. The summed E-state index contributed by atoms with van der Waals surface area (Å²) in [6.45, 7) is 4.52. The molecule has 1 aliphatic heterocycles. The van der Waals surface area contributed by atoms with E-state index in [1.165, 1.54) is 37.8 Å². The van der Waals surface area contributed by atoms with Crippen LogP contribution in [0.2, 0.25) is 0 Å². The van der Waals surface area contributed by atoms with Crippen LogP contribution in [0.4, 0.5) is 0 Å². The van der Waals surface area contributed by atoms with Crippen molar-refractivity contribution in [3.8, 4) is 11.5 Å². The van der Waals surface area contributed by atoms with Gasteiger partial charge < -0.3 is 9.47 Å². The molecule has 0 unspecified atom stereocenters. The molecule has 1 saturated heterocycles. The number of ether oxygens (including phenoxy) is 2. The normalized spacial score (nSPS) is 20.3. The van der Waals surface area contributed by atoms with Crippen LogP contribution in [-0.2, 0) is 6.54 Å². The summed E-state index contributed by atoms with van der Waals surface area (Å²) < 4.78 is 10.7. The molecule has 1 atom stereocenters. The first kappa shape index (κ1) is 14.2. The molecule has 0 bridgehead atoms. The lowest BCUT2D eigenvalue weighted by Gasteiger charge is -2.35. The highest BCUT2D eigenvalue weighted by Crippen LogP contribution is 2.29. The van der Waals surface area contributed by atoms with Crippen molar-refractivity contribution in [3.63, 3.8) is 0 Å². The largest absolute Gasteiger partial charge is 0.493 e. The predicted octanol–water partition coefficient (Wildman–Crippen LogP) is 3.47. The van der Waals surface area contributed by atoms with Crippen LogP contribution in [-0.4, -0.2) is 31.7 Å². The second-order valence-corrected chi connectivity index (χ2v) is 5.22. The first-order valence-electron chi connectivity index (χ1n) is 7.23. The van der Waals surface area contributed by atoms with E-state index in [1.807, 2.05) is 6.07 Å². The van der Waals surface area contributed by atoms with Gasteiger partial charge in [0, 0.05) is 12.6 Å². The average Bonchev–Trinajstić information content (AvgIpc) is 2.47. The van der Waals surface area contributed by atoms with Gasteiger partial charge in [0.1, 0.15) is 0 Å². The smallest absolute Gasteiger partial charge is 0.161 e. The van der Waals surface area contributed by atoms with E-state index in [4.69, 9.17) is 9.47 Å². The lowest BCUT2D eigenvalue weighted by molar-refractivity contribution is 0.136. The Morgan fingerprint density at radius 1 is 1.16 bits per heavy atom. The van der Waals surface area contributed by atoms with Gasteiger partial charge in [0.2, 0.25) is 0 Å². The lowest BCUT2D eigenvalue weighted by atomic mass is 9.99. The molecule has 19 heavy (non-hydrogen) atoms. The summed E-state index contributed by atoms with van der Waals surface area (Å²) in [7, 11) is 3.37. The Labute approximate surface area is 116 Å². The van der Waals surface area contributed by atoms with Crippen LogP contribution in [0, 0.1) is 0 Å². The molecule has 1 aromatic carbocycles. The first-order valence-corrected chi connectivity index (χ1v) is 7.23. The van der Waals surface area contributed by atoms with Crippen molar-refractivity contribution in [2.45, 2.75) is 45.2 Å². The maximum atomic E-state index is 5.38. The number of hydrogen-bond donors (Lipinski definition) is 0. The van der Waals surface area contributed by atoms with Gasteiger partial charge >= 0.3 is 0 Å². The van der Waals surface area contributed by atoms with Crippen molar-refractivity contribution < 1.29 is 9.47 Å². The van der Waals surface area contributed by atoms with E-state index in [0.29, 0.717) is 0 Å². The summed E-state index contributed by atoms with van der Waals surface area (Å²) in [4.78, 5) is 2.60. The van der Waals surface area contributed by atoms with Gasteiger partial charge in [-0.1, -0.05) is 19.4 Å². The van der Waals surface area contributed by atoms with Crippen LogP contribution >= 0.6 is 0 Å². The van der Waals surface area contributed by atoms with Crippen molar-refractivity contribution in [1.29, 1.82) is 0 Å². The van der Waals surface area contributed by atoms with Gasteiger partial charge in [0.25, 0.3) is 0 Å². The molecule has 0 spiro atoms. The molecular formula is C16H25NO2. The van der Waals surface area contributed by atoms with Crippen molar-refractivity contribution in [3.05, 3.63) is 23.8 Å². The zero-order valence-electron chi connectivity index (χ0n) is 12.3. The van der Waals surface area contributed by atoms with Gasteiger partial charge in [-0.2, -0.15) is 0 Å². The molecule has 0 radical (unpaired) electrons. The van der Waals surface area contributed by atoms with Crippen LogP contribution < -0.4 is 9.47 Å². The Kier molecular flexibility index (Phi) is 5.08. The number of nitrogens with zero attached hydrogens (tertiary/aromatic N) is 1. The number of methoxy groups -OCH3 is 2. The van der Waals surface area contributed by atoms with Crippen molar-refractivity contribution >= 4 is 0 Å². The van der Waals surface area contributed by atoms with Gasteiger partial charge in [-0.3, -0.25) is 4.90 Å². The minimum absolute atomic E-state index is 0.738. The Morgan fingerprint density at radius 3 is 2.63 bits per heavy atom. The SMILES string of the molecule is CC[C@@H]1CCCCN1Cc1ccc(OC)c(OC)c1. The van der Waals surface area contributed by atoms with Crippen LogP contribution in [0.3, 0.4) is 0 Å². The molecule has 0 aliphatic carbocycles. The van der Waals surface area contributed by atoms with Gasteiger partial charge in [-0.25, -0.2) is 0 Å². The van der Waals surface area contributed by atoms with Gasteiger partial charge in [0.15, 0.2) is 11.5 Å². The van der Waals surface area contributed by atoms with E-state index in [2.05, 4.69) is 24.0 Å². The van der Waals surface area contributed by atoms with Crippen LogP contribution in [0.5, 0.6) is 11.5 Å². The molecule has 0 aromatic heterocycles. The van der Waals surface area contributed by atoms with Gasteiger partial charge in [0.05, 0.1) is 14.2 Å². The third-order valence-electron chi connectivity index (χ3n) is 4.05. The molecule has 1 aromatic rings. The molecule has 3 heteroatoms. The summed E-state index contributed by atoms with van der Waals surface area (Å²) in [5.41, 5.74) is 1.30. The van der Waals surface area contributed by atoms with Crippen molar-refractivity contribution in [2.24, 2.45) is 0 Å². The molecule has 0 N–H and O–H groups in total. The number of likely N-dealkylation sites (tertiary alicyclic amines) is 1. The monoisotopic (exact) mass is 263 g/mol. The molecule has 0 saturated carbocycles. The zero-order valence-corrected chi connectivity index (χ0v) is 12.3. The molecule has 2 rings (SSSR count). The molecule has 1 aliphatic rings. The van der Waals surface area contributed by atoms with Gasteiger partial charge in [-0.15, -0.1) is 0 Å². The third-order valence-corrected chi connectivity index (χ3v) is 4.05. The second-order valence-electron chi connectivity index (χ2n) is 5.22. The molecule has 106 valence electrons. The zero-order chi connectivity index (χ0) is 13.7. The molecule has 3 nitrogen and oxygen atoms in total. The summed E-state index contributed by atoms with van der Waals surface area (Å²) >= 11 is 0. The second kappa shape index (κ2) is 6.80. The summed E-state index contributed by atoms with van der Waals surface area (Å²) in [5.74, 6) is 1.63. The Hall–Kier alpha value is -1.22. The Morgan fingerprint density at radius 2 is 1.95 bits per heavy atom. The summed E-state index contributed by atoms with van der Waals surface area (Å²) in [6, 6.07) is 6.98. The maximum Gasteiger partial charge on any atom is 0.161 e. The standard InChI is InChI=1S/C16H25NO2/c1-4-14-7-5-6-10-17(14)12-13-8-9-15(18-2)16(11-13)19-3/h8-9,11,14H,4-7,10,12H2,1-3H3/t14-/m1/s1. The first-order chi connectivity index (χ1) is 9.28. The fourth-order valence-electron chi connectivity index (χ4n) is 2.94. The number of rotatable bonds is 5. The van der Waals surface area contributed by atoms with Crippen LogP contribution in [0.25, 0.3) is 0 Å². The van der Waals surface area contributed by atoms with Crippen LogP contribution in [0.1, 0.15) is 38.2 Å². The third kappa shape index (κ3) is 3.41. The Balaban J connectivity index is 2.09. The fraction of sp³-hybridized carbons (Fsp3) is 0.625. The number of benzene rings is 1. The highest BCUT2D eigenvalue weighted by molar-refractivity contribution is 5.42. The van der Waals surface area contributed by atoms with Crippen molar-refractivity contribution in [1.82, 2.24) is 4.90 Å². The van der Waals surface area contributed by atoms with E-state index in [0.717, 1.165) is 24.1 Å². The number of hydrogen-bond acceptors (Lipinski definition) is 3. The quantitative estimate of drug-likeness (QED) is 0.812. The van der Waals surface area contributed by atoms with Crippen molar-refractivity contribution in [2.75, 3.05) is 20.8 Å². The summed E-state index contributed by atoms with van der Waals surface area (Å²) in [6.07, 6.45) is 5.28. The predicted molar refractivity (Wildman–Crippen MR) is 77.9 cm³/mol. The van der Waals surface area contributed by atoms with Gasteiger partial charge in [-0.05, 0) is 43.5 Å². The van der Waals surface area contributed by atoms with E-state index in [9.17, 15) is 0 Å². The van der Waals surface area contributed by atoms with E-state index in [1.54, 1.807) is 14.2 Å². The average molecular weight is 263 g/mol. The van der Waals surface area contributed by atoms with Crippen LogP contribution in [0.15, 0.2) is 18.2 Å². The maximum absolute atomic E-state index is 5.38.